The maximum Gasteiger partial charge on any atom is 0.171 e. The number of pyridine rings is 1. The van der Waals surface area contributed by atoms with Gasteiger partial charge in [-0.2, -0.15) is 11.8 Å². The zero-order chi connectivity index (χ0) is 14.0. The van der Waals surface area contributed by atoms with E-state index in [0.29, 0.717) is 23.1 Å². The van der Waals surface area contributed by atoms with Crippen molar-refractivity contribution in [2.45, 2.75) is 12.3 Å². The van der Waals surface area contributed by atoms with Crippen molar-refractivity contribution in [3.05, 3.63) is 21.8 Å². The van der Waals surface area contributed by atoms with Crippen LogP contribution in [0.3, 0.4) is 0 Å². The number of thioether (sulfide) groups is 1. The summed E-state index contributed by atoms with van der Waals surface area (Å²) in [5.74, 6) is 2.11. The maximum absolute atomic E-state index is 12.2. The lowest BCUT2D eigenvalue weighted by Gasteiger charge is -2.35. The van der Waals surface area contributed by atoms with Crippen LogP contribution in [-0.2, 0) is 9.84 Å². The molecule has 1 aromatic heterocycles. The summed E-state index contributed by atoms with van der Waals surface area (Å²) in [6, 6.07) is 1.74. The number of hydrogen-bond donors (Lipinski definition) is 0. The highest BCUT2D eigenvalue weighted by Crippen LogP contribution is 2.32. The summed E-state index contributed by atoms with van der Waals surface area (Å²) in [5.41, 5.74) is 0. The second-order valence-corrected chi connectivity index (χ2v) is 9.05. The molecule has 0 spiro atoms. The number of rotatable bonds is 3. The number of anilines is 1. The summed E-state index contributed by atoms with van der Waals surface area (Å²) in [6.07, 6.45) is 1.64. The summed E-state index contributed by atoms with van der Waals surface area (Å²) >= 11 is 11.1. The van der Waals surface area contributed by atoms with Gasteiger partial charge in [0.25, 0.3) is 0 Å². The van der Waals surface area contributed by atoms with Gasteiger partial charge in [0.05, 0.1) is 5.02 Å². The molecule has 1 atom stereocenters. The Morgan fingerprint density at radius 1 is 1.63 bits per heavy atom. The molecule has 19 heavy (non-hydrogen) atoms. The molecule has 2 heterocycles. The minimum atomic E-state index is -3.15. The summed E-state index contributed by atoms with van der Waals surface area (Å²) in [5, 5.41) is -0.0694. The molecule has 0 saturated carbocycles. The first-order chi connectivity index (χ1) is 8.95. The van der Waals surface area contributed by atoms with E-state index in [-0.39, 0.29) is 5.75 Å². The molecule has 1 unspecified atom stereocenters. The number of nitrogens with zero attached hydrogens (tertiary/aromatic N) is 2. The van der Waals surface area contributed by atoms with Gasteiger partial charge < -0.3 is 4.90 Å². The molecule has 1 saturated heterocycles. The monoisotopic (exact) mass is 384 g/mol. The molecule has 2 rings (SSSR count). The van der Waals surface area contributed by atoms with Crippen LogP contribution < -0.4 is 4.90 Å². The van der Waals surface area contributed by atoms with Gasteiger partial charge in [0.2, 0.25) is 0 Å². The van der Waals surface area contributed by atoms with Gasteiger partial charge in [-0.05, 0) is 22.0 Å². The predicted octanol–water partition coefficient (Wildman–Crippen LogP) is 2.81. The van der Waals surface area contributed by atoms with Gasteiger partial charge in [0, 0.05) is 34.5 Å². The molecule has 1 aromatic rings. The second-order valence-electron chi connectivity index (χ2n) is 4.13. The van der Waals surface area contributed by atoms with Crippen LogP contribution in [-0.4, -0.2) is 42.6 Å². The van der Waals surface area contributed by atoms with E-state index in [1.807, 2.05) is 4.90 Å². The van der Waals surface area contributed by atoms with E-state index >= 15 is 0 Å². The zero-order valence-corrected chi connectivity index (χ0v) is 14.3. The van der Waals surface area contributed by atoms with Crippen molar-refractivity contribution in [1.29, 1.82) is 0 Å². The highest BCUT2D eigenvalue weighted by molar-refractivity contribution is 9.10. The third-order valence-electron chi connectivity index (χ3n) is 2.96. The lowest BCUT2D eigenvalue weighted by Crippen LogP contribution is -2.48. The molecule has 0 aliphatic carbocycles. The fourth-order valence-corrected chi connectivity index (χ4v) is 5.64. The maximum atomic E-state index is 12.2. The van der Waals surface area contributed by atoms with Crippen LogP contribution in [0, 0.1) is 0 Å². The van der Waals surface area contributed by atoms with Crippen molar-refractivity contribution in [2.24, 2.45) is 0 Å². The SMILES string of the molecule is CCS(=O)(=O)C1CSCCN1c1ncc(Br)cc1Cl. The molecular formula is C11H14BrClN2O2S2. The number of hydrogen-bond acceptors (Lipinski definition) is 5. The van der Waals surface area contributed by atoms with Gasteiger partial charge in [-0.15, -0.1) is 0 Å². The van der Waals surface area contributed by atoms with Crippen LogP contribution >= 0.6 is 39.3 Å². The number of halogens is 2. The van der Waals surface area contributed by atoms with Gasteiger partial charge in [0.1, 0.15) is 11.2 Å². The molecule has 8 heteroatoms. The fraction of sp³-hybridized carbons (Fsp3) is 0.545. The summed E-state index contributed by atoms with van der Waals surface area (Å²) in [7, 11) is -3.15. The minimum Gasteiger partial charge on any atom is -0.337 e. The van der Waals surface area contributed by atoms with Crippen LogP contribution in [0.2, 0.25) is 5.02 Å². The molecule has 0 radical (unpaired) electrons. The second kappa shape index (κ2) is 6.20. The van der Waals surface area contributed by atoms with E-state index < -0.39 is 15.2 Å². The third-order valence-corrected chi connectivity index (χ3v) is 6.96. The Morgan fingerprint density at radius 3 is 3.00 bits per heavy atom. The molecule has 1 fully saturated rings. The van der Waals surface area contributed by atoms with Crippen molar-refractivity contribution in [3.63, 3.8) is 0 Å². The smallest absolute Gasteiger partial charge is 0.171 e. The van der Waals surface area contributed by atoms with Gasteiger partial charge in [-0.25, -0.2) is 13.4 Å². The Hall–Kier alpha value is 0.0200. The average molecular weight is 386 g/mol. The molecule has 0 bridgehead atoms. The summed E-state index contributed by atoms with van der Waals surface area (Å²) < 4.78 is 25.1. The van der Waals surface area contributed by atoms with E-state index in [1.165, 1.54) is 0 Å². The molecular weight excluding hydrogens is 372 g/mol. The van der Waals surface area contributed by atoms with Crippen LogP contribution in [0.25, 0.3) is 0 Å². The topological polar surface area (TPSA) is 50.3 Å². The van der Waals surface area contributed by atoms with Gasteiger partial charge in [-0.3, -0.25) is 0 Å². The lowest BCUT2D eigenvalue weighted by atomic mass is 10.4. The Bertz CT molecular complexity index is 568. The van der Waals surface area contributed by atoms with E-state index in [9.17, 15) is 8.42 Å². The molecule has 4 nitrogen and oxygen atoms in total. The first-order valence-electron chi connectivity index (χ1n) is 5.82. The Labute approximate surface area is 131 Å². The lowest BCUT2D eigenvalue weighted by molar-refractivity contribution is 0.579. The normalized spacial score (nSPS) is 20.6. The first kappa shape index (κ1) is 15.4. The highest BCUT2D eigenvalue weighted by Gasteiger charge is 2.34. The first-order valence-corrected chi connectivity index (χ1v) is 9.87. The van der Waals surface area contributed by atoms with Crippen molar-refractivity contribution in [3.8, 4) is 0 Å². The third kappa shape index (κ3) is 3.37. The van der Waals surface area contributed by atoms with Gasteiger partial charge >= 0.3 is 0 Å². The highest BCUT2D eigenvalue weighted by atomic mass is 79.9. The van der Waals surface area contributed by atoms with Crippen LogP contribution in [0.4, 0.5) is 5.82 Å². The zero-order valence-electron chi connectivity index (χ0n) is 10.3. The molecule has 0 amide bonds. The Kier molecular flexibility index (Phi) is 5.03. The van der Waals surface area contributed by atoms with Crippen LogP contribution in [0.15, 0.2) is 16.7 Å². The van der Waals surface area contributed by atoms with Crippen molar-refractivity contribution >= 4 is 54.9 Å². The van der Waals surface area contributed by atoms with E-state index in [1.54, 1.807) is 30.9 Å². The van der Waals surface area contributed by atoms with Crippen LogP contribution in [0.1, 0.15) is 6.92 Å². The number of sulfone groups is 1. The van der Waals surface area contributed by atoms with E-state index in [4.69, 9.17) is 11.6 Å². The van der Waals surface area contributed by atoms with E-state index in [0.717, 1.165) is 10.2 Å². The standard InChI is InChI=1S/C11H14BrClN2O2S2/c1-2-19(16,17)10-7-18-4-3-15(10)11-9(13)5-8(12)6-14-11/h5-6,10H,2-4,7H2,1H3. The van der Waals surface area contributed by atoms with Gasteiger partial charge in [-0.1, -0.05) is 18.5 Å². The van der Waals surface area contributed by atoms with Gasteiger partial charge in [0.15, 0.2) is 9.84 Å². The molecule has 0 N–H and O–H groups in total. The quantitative estimate of drug-likeness (QED) is 0.801. The van der Waals surface area contributed by atoms with Crippen molar-refractivity contribution in [2.75, 3.05) is 28.7 Å². The Balaban J connectivity index is 2.40. The molecule has 1 aliphatic heterocycles. The minimum absolute atomic E-state index is 0.128. The van der Waals surface area contributed by atoms with Crippen molar-refractivity contribution in [1.82, 2.24) is 4.98 Å². The van der Waals surface area contributed by atoms with Crippen molar-refractivity contribution < 1.29 is 8.42 Å². The fourth-order valence-electron chi connectivity index (χ4n) is 1.93. The number of aromatic nitrogens is 1. The Morgan fingerprint density at radius 2 is 2.37 bits per heavy atom. The van der Waals surface area contributed by atoms with Crippen LogP contribution in [0.5, 0.6) is 0 Å². The summed E-state index contributed by atoms with van der Waals surface area (Å²) in [6.45, 7) is 2.31. The summed E-state index contributed by atoms with van der Waals surface area (Å²) in [4.78, 5) is 6.08. The largest absolute Gasteiger partial charge is 0.337 e. The molecule has 0 aromatic carbocycles. The molecule has 1 aliphatic rings. The molecule has 106 valence electrons. The predicted molar refractivity (Wildman–Crippen MR) is 84.9 cm³/mol. The average Bonchev–Trinajstić information content (AvgIpc) is 2.39. The van der Waals surface area contributed by atoms with E-state index in [2.05, 4.69) is 20.9 Å².